The van der Waals surface area contributed by atoms with Gasteiger partial charge >= 0.3 is 0 Å². The fraction of sp³-hybridized carbons (Fsp3) is 0.500. The van der Waals surface area contributed by atoms with Crippen molar-refractivity contribution in [3.63, 3.8) is 0 Å². The Morgan fingerprint density at radius 2 is 2.40 bits per heavy atom. The fourth-order valence-corrected chi connectivity index (χ4v) is 1.22. The normalized spacial score (nSPS) is 9.80. The summed E-state index contributed by atoms with van der Waals surface area (Å²) >= 11 is 1.48. The van der Waals surface area contributed by atoms with Gasteiger partial charge in [0.2, 0.25) is 0 Å². The molecule has 0 atom stereocenters. The molecular weight excluding hydrogens is 150 g/mol. The molecule has 56 valence electrons. The van der Waals surface area contributed by atoms with Crippen LogP contribution in [-0.2, 0) is 11.3 Å². The molecule has 1 aromatic heterocycles. The van der Waals surface area contributed by atoms with E-state index in [1.165, 1.54) is 11.3 Å². The number of thiazole rings is 1. The zero-order chi connectivity index (χ0) is 7.40. The molecule has 1 heterocycles. The summed E-state index contributed by atoms with van der Waals surface area (Å²) in [5.41, 5.74) is 0.921. The molecule has 0 aliphatic heterocycles. The van der Waals surface area contributed by atoms with Crippen molar-refractivity contribution in [2.45, 2.75) is 6.61 Å². The Morgan fingerprint density at radius 3 is 2.90 bits per heavy atom. The van der Waals surface area contributed by atoms with Gasteiger partial charge in [-0.1, -0.05) is 11.3 Å². The molecule has 4 heteroatoms. The van der Waals surface area contributed by atoms with Gasteiger partial charge in [0, 0.05) is 12.5 Å². The molecule has 0 fully saturated rings. The average Bonchev–Trinajstić information content (AvgIpc) is 2.37. The van der Waals surface area contributed by atoms with Gasteiger partial charge in [0.25, 0.3) is 5.19 Å². The number of methoxy groups -OCH3 is 2. The first kappa shape index (κ1) is 7.50. The SMILES string of the molecule is COCc1csc(OC)n1. The predicted octanol–water partition coefficient (Wildman–Crippen LogP) is 1.30. The Hall–Kier alpha value is -0.610. The summed E-state index contributed by atoms with van der Waals surface area (Å²) in [5.74, 6) is 0. The van der Waals surface area contributed by atoms with Crippen molar-refractivity contribution in [1.29, 1.82) is 0 Å². The maximum atomic E-state index is 4.89. The van der Waals surface area contributed by atoms with Crippen LogP contribution in [0.15, 0.2) is 5.38 Å². The van der Waals surface area contributed by atoms with E-state index in [-0.39, 0.29) is 0 Å². The smallest absolute Gasteiger partial charge is 0.273 e. The lowest BCUT2D eigenvalue weighted by Gasteiger charge is -1.90. The van der Waals surface area contributed by atoms with Crippen molar-refractivity contribution in [2.24, 2.45) is 0 Å². The molecule has 0 bridgehead atoms. The van der Waals surface area contributed by atoms with Crippen LogP contribution >= 0.6 is 11.3 Å². The first-order chi connectivity index (χ1) is 4.86. The van der Waals surface area contributed by atoms with Gasteiger partial charge in [0.1, 0.15) is 0 Å². The lowest BCUT2D eigenvalue weighted by Crippen LogP contribution is -1.87. The highest BCUT2D eigenvalue weighted by Gasteiger charge is 1.98. The van der Waals surface area contributed by atoms with Gasteiger partial charge in [-0.2, -0.15) is 0 Å². The lowest BCUT2D eigenvalue weighted by atomic mass is 10.5. The van der Waals surface area contributed by atoms with Crippen LogP contribution in [0.3, 0.4) is 0 Å². The third kappa shape index (κ3) is 1.68. The summed E-state index contributed by atoms with van der Waals surface area (Å²) in [6.07, 6.45) is 0. The van der Waals surface area contributed by atoms with Gasteiger partial charge in [-0.05, 0) is 0 Å². The summed E-state index contributed by atoms with van der Waals surface area (Å²) in [6.45, 7) is 0.555. The van der Waals surface area contributed by atoms with Gasteiger partial charge < -0.3 is 9.47 Å². The summed E-state index contributed by atoms with van der Waals surface area (Å²) in [6, 6.07) is 0. The van der Waals surface area contributed by atoms with Crippen LogP contribution < -0.4 is 4.74 Å². The van der Waals surface area contributed by atoms with E-state index in [1.54, 1.807) is 14.2 Å². The highest BCUT2D eigenvalue weighted by atomic mass is 32.1. The quantitative estimate of drug-likeness (QED) is 0.666. The number of aromatic nitrogens is 1. The average molecular weight is 159 g/mol. The largest absolute Gasteiger partial charge is 0.473 e. The van der Waals surface area contributed by atoms with E-state index in [0.29, 0.717) is 11.8 Å². The molecule has 1 aromatic rings. The Labute approximate surface area is 63.6 Å². The van der Waals surface area contributed by atoms with Crippen molar-refractivity contribution in [2.75, 3.05) is 14.2 Å². The molecule has 0 N–H and O–H groups in total. The van der Waals surface area contributed by atoms with Gasteiger partial charge in [-0.25, -0.2) is 4.98 Å². The molecule has 0 aliphatic carbocycles. The summed E-state index contributed by atoms with van der Waals surface area (Å²) in [5, 5.41) is 2.61. The van der Waals surface area contributed by atoms with E-state index in [4.69, 9.17) is 9.47 Å². The van der Waals surface area contributed by atoms with Crippen LogP contribution in [-0.4, -0.2) is 19.2 Å². The Morgan fingerprint density at radius 1 is 1.60 bits per heavy atom. The molecule has 0 unspecified atom stereocenters. The zero-order valence-electron chi connectivity index (χ0n) is 5.96. The summed E-state index contributed by atoms with van der Waals surface area (Å²) in [7, 11) is 3.25. The number of hydrogen-bond donors (Lipinski definition) is 0. The van der Waals surface area contributed by atoms with Crippen LogP contribution in [0.25, 0.3) is 0 Å². The maximum absolute atomic E-state index is 4.89. The van der Waals surface area contributed by atoms with Crippen LogP contribution in [0.1, 0.15) is 5.69 Å². The first-order valence-corrected chi connectivity index (χ1v) is 3.72. The maximum Gasteiger partial charge on any atom is 0.273 e. The topological polar surface area (TPSA) is 31.4 Å². The molecule has 0 saturated heterocycles. The van der Waals surface area contributed by atoms with Crippen molar-refractivity contribution >= 4 is 11.3 Å². The molecule has 0 saturated carbocycles. The molecule has 0 aromatic carbocycles. The van der Waals surface area contributed by atoms with E-state index in [9.17, 15) is 0 Å². The fourth-order valence-electron chi connectivity index (χ4n) is 0.596. The van der Waals surface area contributed by atoms with E-state index < -0.39 is 0 Å². The third-order valence-corrected chi connectivity index (χ3v) is 1.85. The second kappa shape index (κ2) is 3.53. The first-order valence-electron chi connectivity index (χ1n) is 2.84. The number of hydrogen-bond acceptors (Lipinski definition) is 4. The minimum absolute atomic E-state index is 0.555. The second-order valence-electron chi connectivity index (χ2n) is 1.74. The van der Waals surface area contributed by atoms with Gasteiger partial charge in [0.15, 0.2) is 0 Å². The predicted molar refractivity (Wildman–Crippen MR) is 39.4 cm³/mol. The standard InChI is InChI=1S/C6H9NO2S/c1-8-3-5-4-10-6(7-5)9-2/h4H,3H2,1-2H3. The lowest BCUT2D eigenvalue weighted by molar-refractivity contribution is 0.181. The van der Waals surface area contributed by atoms with E-state index in [1.807, 2.05) is 5.38 Å². The number of nitrogens with zero attached hydrogens (tertiary/aromatic N) is 1. The van der Waals surface area contributed by atoms with Gasteiger partial charge in [0.05, 0.1) is 19.4 Å². The van der Waals surface area contributed by atoms with Crippen LogP contribution in [0.2, 0.25) is 0 Å². The minimum Gasteiger partial charge on any atom is -0.473 e. The Balaban J connectivity index is 2.59. The Bertz CT molecular complexity index is 199. The van der Waals surface area contributed by atoms with E-state index >= 15 is 0 Å². The van der Waals surface area contributed by atoms with Gasteiger partial charge in [-0.3, -0.25) is 0 Å². The summed E-state index contributed by atoms with van der Waals surface area (Å²) < 4.78 is 9.77. The molecule has 3 nitrogen and oxygen atoms in total. The zero-order valence-corrected chi connectivity index (χ0v) is 6.77. The Kier molecular flexibility index (Phi) is 2.65. The van der Waals surface area contributed by atoms with E-state index in [0.717, 1.165) is 5.69 Å². The van der Waals surface area contributed by atoms with Crippen molar-refractivity contribution < 1.29 is 9.47 Å². The van der Waals surface area contributed by atoms with Crippen molar-refractivity contribution in [3.8, 4) is 5.19 Å². The minimum atomic E-state index is 0.555. The molecular formula is C6H9NO2S. The molecule has 1 rings (SSSR count). The van der Waals surface area contributed by atoms with Crippen LogP contribution in [0.5, 0.6) is 5.19 Å². The van der Waals surface area contributed by atoms with Crippen LogP contribution in [0.4, 0.5) is 0 Å². The summed E-state index contributed by atoms with van der Waals surface area (Å²) in [4.78, 5) is 4.09. The molecule has 0 amide bonds. The molecule has 0 aliphatic rings. The third-order valence-electron chi connectivity index (χ3n) is 0.998. The molecule has 10 heavy (non-hydrogen) atoms. The van der Waals surface area contributed by atoms with Gasteiger partial charge in [-0.15, -0.1) is 0 Å². The van der Waals surface area contributed by atoms with E-state index in [2.05, 4.69) is 4.98 Å². The highest BCUT2D eigenvalue weighted by Crippen LogP contribution is 2.17. The molecule has 0 spiro atoms. The number of ether oxygens (including phenoxy) is 2. The van der Waals surface area contributed by atoms with Crippen LogP contribution in [0, 0.1) is 0 Å². The molecule has 0 radical (unpaired) electrons. The number of rotatable bonds is 3. The second-order valence-corrected chi connectivity index (χ2v) is 2.56. The highest BCUT2D eigenvalue weighted by molar-refractivity contribution is 7.11. The van der Waals surface area contributed by atoms with Crippen molar-refractivity contribution in [1.82, 2.24) is 4.98 Å². The monoisotopic (exact) mass is 159 g/mol. The van der Waals surface area contributed by atoms with Crippen molar-refractivity contribution in [3.05, 3.63) is 11.1 Å².